The summed E-state index contributed by atoms with van der Waals surface area (Å²) < 4.78 is 2.27. The second-order valence-electron chi connectivity index (χ2n) is 6.25. The van der Waals surface area contributed by atoms with Gasteiger partial charge in [0.2, 0.25) is 5.91 Å². The highest BCUT2D eigenvalue weighted by Gasteiger charge is 2.24. The van der Waals surface area contributed by atoms with E-state index in [1.807, 2.05) is 43.1 Å². The second-order valence-corrected chi connectivity index (χ2v) is 6.63. The third-order valence-corrected chi connectivity index (χ3v) is 4.94. The smallest absolute Gasteiger partial charge is 0.242 e. The molecule has 1 N–H and O–H groups in total. The molecular formula is C17H22N4OS. The summed E-state index contributed by atoms with van der Waals surface area (Å²) in [6, 6.07) is 8.43. The molecule has 0 aliphatic heterocycles. The molecule has 5 nitrogen and oxygen atoms in total. The van der Waals surface area contributed by atoms with Crippen molar-refractivity contribution in [1.82, 2.24) is 19.7 Å². The highest BCUT2D eigenvalue weighted by atomic mass is 32.1. The molecule has 0 unspecified atom stereocenters. The molecule has 0 saturated heterocycles. The number of amides is 1. The number of aryl methyl sites for hydroxylation is 1. The Kier molecular flexibility index (Phi) is 4.61. The molecule has 1 aromatic carbocycles. The van der Waals surface area contributed by atoms with Crippen molar-refractivity contribution in [3.8, 4) is 11.4 Å². The van der Waals surface area contributed by atoms with Crippen LogP contribution in [0.5, 0.6) is 0 Å². The molecule has 0 spiro atoms. The summed E-state index contributed by atoms with van der Waals surface area (Å²) in [5.74, 6) is 0.797. The van der Waals surface area contributed by atoms with Crippen LogP contribution in [0.2, 0.25) is 0 Å². The predicted molar refractivity (Wildman–Crippen MR) is 92.6 cm³/mol. The topological polar surface area (TPSA) is 53.9 Å². The zero-order valence-electron chi connectivity index (χ0n) is 13.6. The molecule has 23 heavy (non-hydrogen) atoms. The molecule has 3 rings (SSSR count). The number of likely N-dealkylation sites (N-methyl/N-ethyl adjacent to an activating group) is 1. The molecule has 1 saturated carbocycles. The molecule has 0 radical (unpaired) electrons. The van der Waals surface area contributed by atoms with Gasteiger partial charge in [-0.15, -0.1) is 0 Å². The summed E-state index contributed by atoms with van der Waals surface area (Å²) in [4.78, 5) is 14.5. The van der Waals surface area contributed by atoms with Gasteiger partial charge in [0.25, 0.3) is 0 Å². The van der Waals surface area contributed by atoms with Crippen molar-refractivity contribution in [2.75, 3.05) is 7.05 Å². The molecule has 1 aliphatic rings. The van der Waals surface area contributed by atoms with E-state index in [0.717, 1.165) is 18.4 Å². The Labute approximate surface area is 141 Å². The Balaban J connectivity index is 1.82. The number of carbonyl (C=O) groups excluding carboxylic acids is 1. The van der Waals surface area contributed by atoms with E-state index in [1.54, 1.807) is 4.57 Å². The lowest BCUT2D eigenvalue weighted by Crippen LogP contribution is -2.37. The number of hydrogen-bond acceptors (Lipinski definition) is 3. The van der Waals surface area contributed by atoms with Gasteiger partial charge in [-0.2, -0.15) is 5.10 Å². The van der Waals surface area contributed by atoms with Gasteiger partial charge in [-0.05, 0) is 32.0 Å². The third kappa shape index (κ3) is 3.37. The predicted octanol–water partition coefficient (Wildman–Crippen LogP) is 3.32. The monoisotopic (exact) mass is 330 g/mol. The number of benzene rings is 1. The summed E-state index contributed by atoms with van der Waals surface area (Å²) in [5, 5.41) is 7.11. The van der Waals surface area contributed by atoms with E-state index in [0.29, 0.717) is 16.6 Å². The molecule has 1 heterocycles. The van der Waals surface area contributed by atoms with E-state index in [-0.39, 0.29) is 12.5 Å². The summed E-state index contributed by atoms with van der Waals surface area (Å²) in [6.07, 6.45) is 4.62. The first kappa shape index (κ1) is 15.9. The first-order chi connectivity index (χ1) is 11.1. The third-order valence-electron chi connectivity index (χ3n) is 4.63. The van der Waals surface area contributed by atoms with Crippen molar-refractivity contribution in [2.45, 2.75) is 45.2 Å². The number of aromatic nitrogens is 3. The number of H-pyrrole nitrogens is 1. The normalized spacial score (nSPS) is 15.0. The molecular weight excluding hydrogens is 308 g/mol. The lowest BCUT2D eigenvalue weighted by Gasteiger charge is -2.24. The molecule has 6 heteroatoms. The summed E-state index contributed by atoms with van der Waals surface area (Å²) >= 11 is 5.31. The highest BCUT2D eigenvalue weighted by molar-refractivity contribution is 7.71. The average Bonchev–Trinajstić information content (AvgIpc) is 3.19. The second kappa shape index (κ2) is 6.66. The zero-order chi connectivity index (χ0) is 16.4. The first-order valence-electron chi connectivity index (χ1n) is 8.04. The van der Waals surface area contributed by atoms with Crippen LogP contribution in [0.15, 0.2) is 24.3 Å². The number of aromatic amines is 1. The van der Waals surface area contributed by atoms with Crippen LogP contribution in [0, 0.1) is 11.7 Å². The number of rotatable bonds is 4. The van der Waals surface area contributed by atoms with Crippen LogP contribution in [-0.4, -0.2) is 38.7 Å². The molecule has 1 aliphatic carbocycles. The number of nitrogens with zero attached hydrogens (tertiary/aromatic N) is 3. The van der Waals surface area contributed by atoms with Gasteiger partial charge in [-0.1, -0.05) is 42.7 Å². The maximum Gasteiger partial charge on any atom is 0.242 e. The van der Waals surface area contributed by atoms with Gasteiger partial charge in [0, 0.05) is 18.7 Å². The van der Waals surface area contributed by atoms with Gasteiger partial charge in [0.05, 0.1) is 0 Å². The number of nitrogens with one attached hydrogen (secondary N) is 1. The highest BCUT2D eigenvalue weighted by Crippen LogP contribution is 2.23. The van der Waals surface area contributed by atoms with E-state index in [9.17, 15) is 4.79 Å². The zero-order valence-corrected chi connectivity index (χ0v) is 14.4. The van der Waals surface area contributed by atoms with Crippen LogP contribution in [0.25, 0.3) is 11.4 Å². The Bertz CT molecular complexity index is 741. The average molecular weight is 330 g/mol. The Hall–Kier alpha value is -1.95. The lowest BCUT2D eigenvalue weighted by molar-refractivity contribution is -0.132. The SMILES string of the molecule is Cc1ccc(-c2n[nH]c(=S)n2CC(=O)N(C)C2CCCC2)cc1. The van der Waals surface area contributed by atoms with Gasteiger partial charge in [0.15, 0.2) is 10.6 Å². The van der Waals surface area contributed by atoms with Crippen molar-refractivity contribution in [3.63, 3.8) is 0 Å². The van der Waals surface area contributed by atoms with Gasteiger partial charge >= 0.3 is 0 Å². The minimum absolute atomic E-state index is 0.0859. The quantitative estimate of drug-likeness (QED) is 0.875. The first-order valence-corrected chi connectivity index (χ1v) is 8.45. The molecule has 1 aromatic heterocycles. The summed E-state index contributed by atoms with van der Waals surface area (Å²) in [6.45, 7) is 2.27. The van der Waals surface area contributed by atoms with Crippen LogP contribution in [-0.2, 0) is 11.3 Å². The van der Waals surface area contributed by atoms with Crippen LogP contribution in [0.3, 0.4) is 0 Å². The molecule has 0 atom stereocenters. The Morgan fingerprint density at radius 2 is 2.00 bits per heavy atom. The maximum absolute atomic E-state index is 12.6. The molecule has 1 fully saturated rings. The summed E-state index contributed by atoms with van der Waals surface area (Å²) in [7, 11) is 1.90. The molecule has 2 aromatic rings. The van der Waals surface area contributed by atoms with Crippen molar-refractivity contribution in [2.24, 2.45) is 0 Å². The minimum atomic E-state index is 0.0859. The van der Waals surface area contributed by atoms with E-state index >= 15 is 0 Å². The van der Waals surface area contributed by atoms with Crippen molar-refractivity contribution in [1.29, 1.82) is 0 Å². The van der Waals surface area contributed by atoms with Crippen molar-refractivity contribution < 1.29 is 4.79 Å². The number of carbonyl (C=O) groups is 1. The van der Waals surface area contributed by atoms with E-state index in [2.05, 4.69) is 10.2 Å². The van der Waals surface area contributed by atoms with Gasteiger partial charge in [-0.3, -0.25) is 14.5 Å². The molecule has 1 amide bonds. The fourth-order valence-electron chi connectivity index (χ4n) is 3.13. The van der Waals surface area contributed by atoms with Crippen molar-refractivity contribution >= 4 is 18.1 Å². The van der Waals surface area contributed by atoms with E-state index in [1.165, 1.54) is 18.4 Å². The Morgan fingerprint density at radius 1 is 1.35 bits per heavy atom. The van der Waals surface area contributed by atoms with E-state index < -0.39 is 0 Å². The number of hydrogen-bond donors (Lipinski definition) is 1. The fraction of sp³-hybridized carbons (Fsp3) is 0.471. The Morgan fingerprint density at radius 3 is 2.65 bits per heavy atom. The minimum Gasteiger partial charge on any atom is -0.341 e. The summed E-state index contributed by atoms with van der Waals surface area (Å²) in [5.41, 5.74) is 2.14. The van der Waals surface area contributed by atoms with Crippen LogP contribution < -0.4 is 0 Å². The van der Waals surface area contributed by atoms with Crippen molar-refractivity contribution in [3.05, 3.63) is 34.6 Å². The molecule has 0 bridgehead atoms. The standard InChI is InChI=1S/C17H22N4OS/c1-12-7-9-13(10-8-12)16-18-19-17(23)21(16)11-15(22)20(2)14-5-3-4-6-14/h7-10,14H,3-6,11H2,1-2H3,(H,19,23). The van der Waals surface area contributed by atoms with Gasteiger partial charge in [-0.25, -0.2) is 0 Å². The van der Waals surface area contributed by atoms with Crippen LogP contribution >= 0.6 is 12.2 Å². The molecule has 122 valence electrons. The fourth-order valence-corrected chi connectivity index (χ4v) is 3.33. The largest absolute Gasteiger partial charge is 0.341 e. The van der Waals surface area contributed by atoms with Crippen LogP contribution in [0.1, 0.15) is 31.2 Å². The van der Waals surface area contributed by atoms with Gasteiger partial charge in [0.1, 0.15) is 6.54 Å². The van der Waals surface area contributed by atoms with Gasteiger partial charge < -0.3 is 4.90 Å². The maximum atomic E-state index is 12.6. The lowest BCUT2D eigenvalue weighted by atomic mass is 10.1. The van der Waals surface area contributed by atoms with Crippen LogP contribution in [0.4, 0.5) is 0 Å². The van der Waals surface area contributed by atoms with E-state index in [4.69, 9.17) is 12.2 Å².